The number of nitrogens with zero attached hydrogens (tertiary/aromatic N) is 1. The maximum Gasteiger partial charge on any atom is 0.0876 e. The zero-order valence-corrected chi connectivity index (χ0v) is 14.3. The van der Waals surface area contributed by atoms with Gasteiger partial charge in [-0.3, -0.25) is 4.90 Å². The Morgan fingerprint density at radius 3 is 1.74 bits per heavy atom. The van der Waals surface area contributed by atoms with Crippen LogP contribution in [-0.4, -0.2) is 22.2 Å². The molecule has 2 atom stereocenters. The second-order valence-electron chi connectivity index (χ2n) is 6.35. The normalized spacial score (nSPS) is 13.6. The monoisotopic (exact) mass is 309 g/mol. The van der Waals surface area contributed by atoms with Crippen LogP contribution in [0.5, 0.6) is 0 Å². The molecule has 23 heavy (non-hydrogen) atoms. The predicted octanol–water partition coefficient (Wildman–Crippen LogP) is 4.40. The number of aliphatic hydroxyl groups is 1. The SMILES string of the molecule is CC(C)=CC(O)[C@H](C)N(Cc1ccccc1)Cc1ccccc1. The Labute approximate surface area is 140 Å². The third-order valence-electron chi connectivity index (χ3n) is 4.03. The van der Waals surface area contributed by atoms with Gasteiger partial charge < -0.3 is 5.11 Å². The molecular formula is C21H27NO. The van der Waals surface area contributed by atoms with Gasteiger partial charge in [0.1, 0.15) is 0 Å². The first-order chi connectivity index (χ1) is 11.1. The smallest absolute Gasteiger partial charge is 0.0876 e. The highest BCUT2D eigenvalue weighted by atomic mass is 16.3. The van der Waals surface area contributed by atoms with E-state index in [0.717, 1.165) is 18.7 Å². The fraction of sp³-hybridized carbons (Fsp3) is 0.333. The topological polar surface area (TPSA) is 23.5 Å². The fourth-order valence-electron chi connectivity index (χ4n) is 2.68. The molecule has 2 aromatic carbocycles. The lowest BCUT2D eigenvalue weighted by atomic mass is 10.1. The Balaban J connectivity index is 2.18. The van der Waals surface area contributed by atoms with Crippen molar-refractivity contribution in [3.8, 4) is 0 Å². The van der Waals surface area contributed by atoms with Gasteiger partial charge in [0.05, 0.1) is 6.10 Å². The molecular weight excluding hydrogens is 282 g/mol. The highest BCUT2D eigenvalue weighted by Crippen LogP contribution is 2.16. The summed E-state index contributed by atoms with van der Waals surface area (Å²) in [6.45, 7) is 7.79. The first-order valence-corrected chi connectivity index (χ1v) is 8.21. The van der Waals surface area contributed by atoms with Gasteiger partial charge in [-0.15, -0.1) is 0 Å². The molecule has 0 spiro atoms. The van der Waals surface area contributed by atoms with Crippen LogP contribution in [0.1, 0.15) is 31.9 Å². The standard InChI is InChI=1S/C21H27NO/c1-17(2)14-21(23)18(3)22(15-19-10-6-4-7-11-19)16-20-12-8-5-9-13-20/h4-14,18,21,23H,15-16H2,1-3H3/t18-,21?/m0/s1. The molecule has 0 saturated heterocycles. The van der Waals surface area contributed by atoms with Crippen LogP contribution in [0.2, 0.25) is 0 Å². The van der Waals surface area contributed by atoms with Gasteiger partial charge in [0.25, 0.3) is 0 Å². The quantitative estimate of drug-likeness (QED) is 0.766. The van der Waals surface area contributed by atoms with Crippen molar-refractivity contribution >= 4 is 0 Å². The van der Waals surface area contributed by atoms with Crippen molar-refractivity contribution in [1.82, 2.24) is 4.90 Å². The van der Waals surface area contributed by atoms with E-state index < -0.39 is 6.10 Å². The van der Waals surface area contributed by atoms with E-state index in [-0.39, 0.29) is 6.04 Å². The molecule has 0 aliphatic carbocycles. The van der Waals surface area contributed by atoms with Crippen LogP contribution in [0, 0.1) is 0 Å². The summed E-state index contributed by atoms with van der Waals surface area (Å²) in [6, 6.07) is 20.9. The van der Waals surface area contributed by atoms with Crippen LogP contribution in [0.3, 0.4) is 0 Å². The van der Waals surface area contributed by atoms with Crippen molar-refractivity contribution in [1.29, 1.82) is 0 Å². The van der Waals surface area contributed by atoms with Gasteiger partial charge in [0.15, 0.2) is 0 Å². The van der Waals surface area contributed by atoms with Crippen molar-refractivity contribution in [2.24, 2.45) is 0 Å². The number of aliphatic hydroxyl groups excluding tert-OH is 1. The third-order valence-corrected chi connectivity index (χ3v) is 4.03. The van der Waals surface area contributed by atoms with Crippen molar-refractivity contribution < 1.29 is 5.11 Å². The maximum atomic E-state index is 10.5. The number of hydrogen-bond donors (Lipinski definition) is 1. The van der Waals surface area contributed by atoms with E-state index >= 15 is 0 Å². The molecule has 0 aromatic heterocycles. The largest absolute Gasteiger partial charge is 0.387 e. The van der Waals surface area contributed by atoms with Crippen molar-refractivity contribution in [2.75, 3.05) is 0 Å². The summed E-state index contributed by atoms with van der Waals surface area (Å²) in [5, 5.41) is 10.5. The van der Waals surface area contributed by atoms with Gasteiger partial charge in [-0.05, 0) is 31.9 Å². The van der Waals surface area contributed by atoms with E-state index in [1.807, 2.05) is 32.1 Å². The zero-order chi connectivity index (χ0) is 16.7. The molecule has 2 nitrogen and oxygen atoms in total. The Hall–Kier alpha value is -1.90. The Kier molecular flexibility index (Phi) is 6.57. The second-order valence-corrected chi connectivity index (χ2v) is 6.35. The molecule has 0 amide bonds. The number of hydrogen-bond acceptors (Lipinski definition) is 2. The summed E-state index contributed by atoms with van der Waals surface area (Å²) in [4.78, 5) is 2.33. The molecule has 122 valence electrons. The summed E-state index contributed by atoms with van der Waals surface area (Å²) in [5.74, 6) is 0. The average Bonchev–Trinajstić information content (AvgIpc) is 2.55. The first-order valence-electron chi connectivity index (χ1n) is 8.21. The van der Waals surface area contributed by atoms with E-state index in [9.17, 15) is 5.11 Å². The first kappa shape index (κ1) is 17.5. The van der Waals surface area contributed by atoms with Crippen molar-refractivity contribution in [3.63, 3.8) is 0 Å². The van der Waals surface area contributed by atoms with E-state index in [2.05, 4.69) is 60.4 Å². The van der Waals surface area contributed by atoms with Crippen LogP contribution in [0.25, 0.3) is 0 Å². The molecule has 1 N–H and O–H groups in total. The van der Waals surface area contributed by atoms with Gasteiger partial charge in [-0.1, -0.05) is 72.3 Å². The van der Waals surface area contributed by atoms with Gasteiger partial charge >= 0.3 is 0 Å². The van der Waals surface area contributed by atoms with E-state index in [1.165, 1.54) is 11.1 Å². The summed E-state index contributed by atoms with van der Waals surface area (Å²) in [6.07, 6.45) is 1.47. The van der Waals surface area contributed by atoms with Gasteiger partial charge in [0.2, 0.25) is 0 Å². The van der Waals surface area contributed by atoms with Crippen LogP contribution >= 0.6 is 0 Å². The summed E-state index contributed by atoms with van der Waals surface area (Å²) in [7, 11) is 0. The lowest BCUT2D eigenvalue weighted by Gasteiger charge is -2.31. The Bertz CT molecular complexity index is 561. The van der Waals surface area contributed by atoms with Crippen LogP contribution < -0.4 is 0 Å². The minimum atomic E-state index is -0.465. The number of benzene rings is 2. The molecule has 2 rings (SSSR count). The molecule has 2 heteroatoms. The average molecular weight is 309 g/mol. The Morgan fingerprint density at radius 2 is 1.35 bits per heavy atom. The highest BCUT2D eigenvalue weighted by Gasteiger charge is 2.20. The molecule has 0 saturated carbocycles. The van der Waals surface area contributed by atoms with Gasteiger partial charge in [-0.2, -0.15) is 0 Å². The summed E-state index contributed by atoms with van der Waals surface area (Å²) < 4.78 is 0. The molecule has 0 fully saturated rings. The zero-order valence-electron chi connectivity index (χ0n) is 14.3. The second kappa shape index (κ2) is 8.66. The third kappa shape index (κ3) is 5.66. The van der Waals surface area contributed by atoms with Crippen LogP contribution in [0.15, 0.2) is 72.3 Å². The minimum Gasteiger partial charge on any atom is -0.387 e. The van der Waals surface area contributed by atoms with Gasteiger partial charge in [0, 0.05) is 19.1 Å². The lowest BCUT2D eigenvalue weighted by Crippen LogP contribution is -2.40. The molecule has 2 aromatic rings. The van der Waals surface area contributed by atoms with Crippen molar-refractivity contribution in [2.45, 2.75) is 46.0 Å². The van der Waals surface area contributed by atoms with Crippen molar-refractivity contribution in [3.05, 3.63) is 83.4 Å². The predicted molar refractivity (Wildman–Crippen MR) is 97.0 cm³/mol. The van der Waals surface area contributed by atoms with E-state index in [0.29, 0.717) is 0 Å². The highest BCUT2D eigenvalue weighted by molar-refractivity contribution is 5.17. The van der Waals surface area contributed by atoms with E-state index in [4.69, 9.17) is 0 Å². The maximum absolute atomic E-state index is 10.5. The molecule has 0 aliphatic rings. The Morgan fingerprint density at radius 1 is 0.913 bits per heavy atom. The summed E-state index contributed by atoms with van der Waals surface area (Å²) >= 11 is 0. The molecule has 0 bridgehead atoms. The summed E-state index contributed by atoms with van der Waals surface area (Å²) in [5.41, 5.74) is 3.67. The van der Waals surface area contributed by atoms with Gasteiger partial charge in [-0.25, -0.2) is 0 Å². The molecule has 1 unspecified atom stereocenters. The fourth-order valence-corrected chi connectivity index (χ4v) is 2.68. The van der Waals surface area contributed by atoms with E-state index in [1.54, 1.807) is 0 Å². The lowest BCUT2D eigenvalue weighted by molar-refractivity contribution is 0.0776. The molecule has 0 radical (unpaired) electrons. The minimum absolute atomic E-state index is 0.0466. The molecule has 0 aliphatic heterocycles. The molecule has 0 heterocycles. The van der Waals surface area contributed by atoms with Crippen LogP contribution in [0.4, 0.5) is 0 Å². The number of rotatable bonds is 7. The van der Waals surface area contributed by atoms with Crippen LogP contribution in [-0.2, 0) is 13.1 Å². The number of allylic oxidation sites excluding steroid dienone is 1.